The Labute approximate surface area is 160 Å². The van der Waals surface area contributed by atoms with Crippen molar-refractivity contribution >= 4 is 28.7 Å². The molecule has 2 N–H and O–H groups in total. The van der Waals surface area contributed by atoms with Crippen LogP contribution in [0.2, 0.25) is 5.02 Å². The van der Waals surface area contributed by atoms with Crippen LogP contribution in [0, 0.1) is 5.92 Å². The SMILES string of the molecule is FC(F)(F)c1ccc(Cl)c(Nc2cc3c4c(c2)[C@H]2CNC[C@H]2CN4CC3)c1. The largest absolute Gasteiger partial charge is 0.416 e. The van der Waals surface area contributed by atoms with Gasteiger partial charge in [-0.15, -0.1) is 0 Å². The Morgan fingerprint density at radius 1 is 1.15 bits per heavy atom. The van der Waals surface area contributed by atoms with Gasteiger partial charge in [-0.3, -0.25) is 0 Å². The number of anilines is 3. The van der Waals surface area contributed by atoms with Crippen molar-refractivity contribution in [3.05, 3.63) is 52.0 Å². The standard InChI is InChI=1S/C20H19ClF3N3/c21-17-2-1-13(20(22,23)24)6-18(17)26-14-5-11-3-4-27-10-12-8-25-9-16(12)15(7-14)19(11)27/h1-2,5-7,12,16,25-26H,3-4,8-10H2/t12-,16-/m0/s1. The predicted molar refractivity (Wildman–Crippen MR) is 101 cm³/mol. The Morgan fingerprint density at radius 2 is 2.00 bits per heavy atom. The fraction of sp³-hybridized carbons (Fsp3) is 0.400. The molecule has 2 aromatic carbocycles. The first kappa shape index (κ1) is 17.2. The molecule has 3 heterocycles. The third kappa shape index (κ3) is 2.86. The van der Waals surface area contributed by atoms with Crippen molar-refractivity contribution in [1.82, 2.24) is 5.32 Å². The summed E-state index contributed by atoms with van der Waals surface area (Å²) >= 11 is 6.16. The molecule has 3 nitrogen and oxygen atoms in total. The zero-order valence-electron chi connectivity index (χ0n) is 14.5. The van der Waals surface area contributed by atoms with Crippen LogP contribution in [0.4, 0.5) is 30.2 Å². The molecule has 0 radical (unpaired) electrons. The molecule has 0 bridgehead atoms. The van der Waals surface area contributed by atoms with E-state index < -0.39 is 11.7 Å². The summed E-state index contributed by atoms with van der Waals surface area (Å²) < 4.78 is 39.2. The number of alkyl halides is 3. The van der Waals surface area contributed by atoms with Gasteiger partial charge in [-0.1, -0.05) is 11.6 Å². The Hall–Kier alpha value is -1.92. The number of hydrogen-bond donors (Lipinski definition) is 2. The van der Waals surface area contributed by atoms with Gasteiger partial charge in [0.15, 0.2) is 0 Å². The van der Waals surface area contributed by atoms with Crippen LogP contribution >= 0.6 is 11.6 Å². The summed E-state index contributed by atoms with van der Waals surface area (Å²) in [5.41, 5.74) is 4.29. The van der Waals surface area contributed by atoms with Gasteiger partial charge in [0, 0.05) is 43.5 Å². The molecule has 142 valence electrons. The molecule has 1 fully saturated rings. The zero-order valence-corrected chi connectivity index (χ0v) is 15.3. The molecule has 1 saturated heterocycles. The van der Waals surface area contributed by atoms with Gasteiger partial charge in [0.2, 0.25) is 0 Å². The van der Waals surface area contributed by atoms with Gasteiger partial charge < -0.3 is 15.5 Å². The summed E-state index contributed by atoms with van der Waals surface area (Å²) in [7, 11) is 0. The smallest absolute Gasteiger partial charge is 0.370 e. The van der Waals surface area contributed by atoms with Crippen LogP contribution in [-0.4, -0.2) is 26.2 Å². The van der Waals surface area contributed by atoms with Crippen molar-refractivity contribution < 1.29 is 13.2 Å². The molecule has 7 heteroatoms. The van der Waals surface area contributed by atoms with E-state index in [-0.39, 0.29) is 10.7 Å². The average molecular weight is 394 g/mol. The van der Waals surface area contributed by atoms with E-state index in [0.29, 0.717) is 11.8 Å². The average Bonchev–Trinajstić information content (AvgIpc) is 3.24. The van der Waals surface area contributed by atoms with Crippen molar-refractivity contribution in [2.75, 3.05) is 36.4 Å². The molecule has 0 unspecified atom stereocenters. The molecule has 2 aromatic rings. The highest BCUT2D eigenvalue weighted by molar-refractivity contribution is 6.33. The van der Waals surface area contributed by atoms with E-state index in [2.05, 4.69) is 27.7 Å². The topological polar surface area (TPSA) is 27.3 Å². The fourth-order valence-corrected chi connectivity index (χ4v) is 4.89. The molecular formula is C20H19ClF3N3. The number of rotatable bonds is 2. The second-order valence-corrected chi connectivity index (χ2v) is 8.02. The third-order valence-electron chi connectivity index (χ3n) is 5.95. The van der Waals surface area contributed by atoms with Crippen LogP contribution in [-0.2, 0) is 12.6 Å². The highest BCUT2D eigenvalue weighted by atomic mass is 35.5. The van der Waals surface area contributed by atoms with Gasteiger partial charge in [0.1, 0.15) is 0 Å². The molecule has 5 rings (SSSR count). The van der Waals surface area contributed by atoms with Crippen LogP contribution in [0.25, 0.3) is 0 Å². The lowest BCUT2D eigenvalue weighted by Gasteiger charge is -2.35. The number of halogens is 4. The Morgan fingerprint density at radius 3 is 2.81 bits per heavy atom. The van der Waals surface area contributed by atoms with Gasteiger partial charge in [-0.05, 0) is 53.8 Å². The van der Waals surface area contributed by atoms with Crippen molar-refractivity contribution in [1.29, 1.82) is 0 Å². The molecule has 0 saturated carbocycles. The van der Waals surface area contributed by atoms with E-state index in [1.165, 1.54) is 22.9 Å². The lowest BCUT2D eigenvalue weighted by molar-refractivity contribution is -0.137. The van der Waals surface area contributed by atoms with Crippen molar-refractivity contribution in [2.45, 2.75) is 18.5 Å². The highest BCUT2D eigenvalue weighted by Gasteiger charge is 2.40. The van der Waals surface area contributed by atoms with E-state index in [9.17, 15) is 13.2 Å². The molecule has 3 aliphatic heterocycles. The molecule has 27 heavy (non-hydrogen) atoms. The molecular weight excluding hydrogens is 375 g/mol. The summed E-state index contributed by atoms with van der Waals surface area (Å²) in [6.07, 6.45) is -3.42. The first-order valence-corrected chi connectivity index (χ1v) is 9.54. The minimum atomic E-state index is -4.39. The van der Waals surface area contributed by atoms with Crippen LogP contribution in [0.1, 0.15) is 22.6 Å². The minimum absolute atomic E-state index is 0.277. The Balaban J connectivity index is 1.54. The maximum Gasteiger partial charge on any atom is 0.416 e. The highest BCUT2D eigenvalue weighted by Crippen LogP contribution is 2.47. The number of benzene rings is 2. The van der Waals surface area contributed by atoms with Gasteiger partial charge in [0.05, 0.1) is 16.3 Å². The second-order valence-electron chi connectivity index (χ2n) is 7.61. The number of hydrogen-bond acceptors (Lipinski definition) is 3. The predicted octanol–water partition coefficient (Wildman–Crippen LogP) is 4.78. The summed E-state index contributed by atoms with van der Waals surface area (Å²) in [4.78, 5) is 2.46. The quantitative estimate of drug-likeness (QED) is 0.768. The normalized spacial score (nSPS) is 23.3. The molecule has 0 aromatic heterocycles. The van der Waals surface area contributed by atoms with E-state index in [0.717, 1.165) is 50.4 Å². The van der Waals surface area contributed by atoms with Gasteiger partial charge in [-0.2, -0.15) is 13.2 Å². The summed E-state index contributed by atoms with van der Waals surface area (Å²) in [5.74, 6) is 1.06. The van der Waals surface area contributed by atoms with Gasteiger partial charge in [0.25, 0.3) is 0 Å². The summed E-state index contributed by atoms with van der Waals surface area (Å²) in [5, 5.41) is 6.89. The fourth-order valence-electron chi connectivity index (χ4n) is 4.72. The molecule has 3 aliphatic rings. The minimum Gasteiger partial charge on any atom is -0.370 e. The van der Waals surface area contributed by atoms with Crippen LogP contribution in [0.3, 0.4) is 0 Å². The van der Waals surface area contributed by atoms with E-state index in [4.69, 9.17) is 11.6 Å². The zero-order chi connectivity index (χ0) is 18.8. The molecule has 0 amide bonds. The van der Waals surface area contributed by atoms with Crippen LogP contribution < -0.4 is 15.5 Å². The maximum atomic E-state index is 13.1. The molecule has 0 spiro atoms. The first-order chi connectivity index (χ1) is 12.9. The Bertz CT molecular complexity index is 912. The molecule has 0 aliphatic carbocycles. The summed E-state index contributed by atoms with van der Waals surface area (Å²) in [6.45, 7) is 4.08. The van der Waals surface area contributed by atoms with E-state index >= 15 is 0 Å². The monoisotopic (exact) mass is 393 g/mol. The van der Waals surface area contributed by atoms with E-state index in [1.807, 2.05) is 0 Å². The van der Waals surface area contributed by atoms with Gasteiger partial charge in [-0.25, -0.2) is 0 Å². The van der Waals surface area contributed by atoms with Crippen molar-refractivity contribution in [2.24, 2.45) is 5.92 Å². The van der Waals surface area contributed by atoms with Crippen molar-refractivity contribution in [3.8, 4) is 0 Å². The van der Waals surface area contributed by atoms with Gasteiger partial charge >= 0.3 is 6.18 Å². The number of fused-ring (bicyclic) bond motifs is 2. The van der Waals surface area contributed by atoms with Crippen LogP contribution in [0.15, 0.2) is 30.3 Å². The summed E-state index contributed by atoms with van der Waals surface area (Å²) in [6, 6.07) is 7.53. The van der Waals surface area contributed by atoms with Crippen molar-refractivity contribution in [3.63, 3.8) is 0 Å². The number of nitrogens with one attached hydrogen (secondary N) is 2. The maximum absolute atomic E-state index is 13.1. The lowest BCUT2D eigenvalue weighted by Crippen LogP contribution is -2.35. The third-order valence-corrected chi connectivity index (χ3v) is 6.28. The number of nitrogens with zero attached hydrogens (tertiary/aromatic N) is 1. The lowest BCUT2D eigenvalue weighted by atomic mass is 9.83. The molecule has 2 atom stereocenters. The Kier molecular flexibility index (Phi) is 3.85. The van der Waals surface area contributed by atoms with Crippen LogP contribution in [0.5, 0.6) is 0 Å². The first-order valence-electron chi connectivity index (χ1n) is 9.16. The second kappa shape index (κ2) is 6.04. The van der Waals surface area contributed by atoms with E-state index in [1.54, 1.807) is 0 Å².